The molecule has 1 amide bonds. The number of carbonyl (C=O) groups excluding carboxylic acids is 1. The number of nitrogens with one attached hydrogen (secondary N) is 1. The highest BCUT2D eigenvalue weighted by molar-refractivity contribution is 6.36. The second-order valence-electron chi connectivity index (χ2n) is 4.91. The van der Waals surface area contributed by atoms with Crippen molar-refractivity contribution in [3.05, 3.63) is 33.8 Å². The molecule has 1 aromatic carbocycles. The zero-order valence-electron chi connectivity index (χ0n) is 10.7. The molecule has 1 unspecified atom stereocenters. The fourth-order valence-corrected chi connectivity index (χ4v) is 2.86. The molecule has 0 aliphatic heterocycles. The van der Waals surface area contributed by atoms with Crippen molar-refractivity contribution in [2.24, 2.45) is 5.41 Å². The molecular formula is C14H14Cl2N2O2. The lowest BCUT2D eigenvalue weighted by molar-refractivity contribution is -0.132. The zero-order valence-corrected chi connectivity index (χ0v) is 12.2. The van der Waals surface area contributed by atoms with Crippen LogP contribution >= 0.6 is 23.2 Å². The lowest BCUT2D eigenvalue weighted by atomic mass is 9.69. The number of nitriles is 1. The molecule has 2 rings (SSSR count). The molecule has 6 heteroatoms. The van der Waals surface area contributed by atoms with Crippen LogP contribution in [-0.4, -0.2) is 17.6 Å². The molecular weight excluding hydrogens is 299 g/mol. The van der Waals surface area contributed by atoms with Gasteiger partial charge in [-0.25, -0.2) is 0 Å². The molecule has 106 valence electrons. The molecule has 4 nitrogen and oxygen atoms in total. The minimum absolute atomic E-state index is 0.0221. The van der Waals surface area contributed by atoms with Crippen LogP contribution in [-0.2, 0) is 4.79 Å². The van der Waals surface area contributed by atoms with Crippen molar-refractivity contribution in [2.75, 3.05) is 6.54 Å². The Morgan fingerprint density at radius 2 is 2.05 bits per heavy atom. The van der Waals surface area contributed by atoms with Crippen LogP contribution in [0.2, 0.25) is 10.0 Å². The minimum atomic E-state index is -1.00. The highest BCUT2D eigenvalue weighted by atomic mass is 35.5. The zero-order chi connectivity index (χ0) is 14.8. The van der Waals surface area contributed by atoms with Crippen molar-refractivity contribution in [3.63, 3.8) is 0 Å². The average molecular weight is 313 g/mol. The highest BCUT2D eigenvalue weighted by Crippen LogP contribution is 2.40. The van der Waals surface area contributed by atoms with Crippen molar-refractivity contribution < 1.29 is 9.90 Å². The van der Waals surface area contributed by atoms with Gasteiger partial charge in [0.1, 0.15) is 5.41 Å². The number of rotatable bonds is 4. The number of aliphatic hydroxyl groups excluding tert-OH is 1. The average Bonchev–Trinajstić information content (AvgIpc) is 2.35. The number of amides is 1. The van der Waals surface area contributed by atoms with Gasteiger partial charge in [-0.15, -0.1) is 0 Å². The molecule has 1 aliphatic carbocycles. The van der Waals surface area contributed by atoms with Crippen LogP contribution in [0.25, 0.3) is 0 Å². The van der Waals surface area contributed by atoms with Crippen molar-refractivity contribution in [1.82, 2.24) is 5.32 Å². The third-order valence-corrected chi connectivity index (χ3v) is 4.30. The van der Waals surface area contributed by atoms with E-state index in [-0.39, 0.29) is 12.5 Å². The Labute approximate surface area is 127 Å². The van der Waals surface area contributed by atoms with E-state index in [0.717, 1.165) is 6.42 Å². The van der Waals surface area contributed by atoms with Crippen LogP contribution in [0.15, 0.2) is 18.2 Å². The molecule has 0 spiro atoms. The summed E-state index contributed by atoms with van der Waals surface area (Å²) in [6.45, 7) is -0.0221. The van der Waals surface area contributed by atoms with E-state index in [1.807, 2.05) is 0 Å². The van der Waals surface area contributed by atoms with Gasteiger partial charge in [0.2, 0.25) is 5.91 Å². The van der Waals surface area contributed by atoms with Crippen molar-refractivity contribution in [1.29, 1.82) is 5.26 Å². The quantitative estimate of drug-likeness (QED) is 0.897. The maximum Gasteiger partial charge on any atom is 0.240 e. The van der Waals surface area contributed by atoms with Gasteiger partial charge in [-0.05, 0) is 31.4 Å². The summed E-state index contributed by atoms with van der Waals surface area (Å²) in [7, 11) is 0. The van der Waals surface area contributed by atoms with Crippen LogP contribution < -0.4 is 5.32 Å². The molecule has 0 aromatic heterocycles. The van der Waals surface area contributed by atoms with Crippen molar-refractivity contribution >= 4 is 29.1 Å². The second kappa shape index (κ2) is 6.01. The van der Waals surface area contributed by atoms with Gasteiger partial charge in [-0.2, -0.15) is 5.26 Å². The number of halogens is 2. The minimum Gasteiger partial charge on any atom is -0.386 e. The first kappa shape index (κ1) is 15.1. The highest BCUT2D eigenvalue weighted by Gasteiger charge is 2.44. The molecule has 1 aliphatic rings. The lowest BCUT2D eigenvalue weighted by Crippen LogP contribution is -2.45. The number of hydrogen-bond donors (Lipinski definition) is 2. The van der Waals surface area contributed by atoms with Crippen molar-refractivity contribution in [2.45, 2.75) is 25.4 Å². The van der Waals surface area contributed by atoms with Gasteiger partial charge in [-0.1, -0.05) is 29.3 Å². The predicted molar refractivity (Wildman–Crippen MR) is 76.3 cm³/mol. The Bertz CT molecular complexity index is 545. The Kier molecular flexibility index (Phi) is 4.54. The smallest absolute Gasteiger partial charge is 0.240 e. The third kappa shape index (κ3) is 2.76. The summed E-state index contributed by atoms with van der Waals surface area (Å²) in [5.74, 6) is -0.339. The predicted octanol–water partition coefficient (Wildman–Crippen LogP) is 2.84. The first-order valence-corrected chi connectivity index (χ1v) is 7.07. The summed E-state index contributed by atoms with van der Waals surface area (Å²) < 4.78 is 0. The Hall–Kier alpha value is -1.28. The topological polar surface area (TPSA) is 73.1 Å². The van der Waals surface area contributed by atoms with Crippen LogP contribution in [0, 0.1) is 16.7 Å². The molecule has 1 aromatic rings. The summed E-state index contributed by atoms with van der Waals surface area (Å²) in [5.41, 5.74) is -0.542. The standard InChI is InChI=1S/C14H14Cl2N2O2/c15-9-3-1-4-10(16)12(9)11(19)7-18-13(20)14(8-17)5-2-6-14/h1,3-4,11,19H,2,5-7H2,(H,18,20). The third-order valence-electron chi connectivity index (χ3n) is 3.64. The fraction of sp³-hybridized carbons (Fsp3) is 0.429. The molecule has 1 fully saturated rings. The van der Waals surface area contributed by atoms with Gasteiger partial charge in [0, 0.05) is 22.2 Å². The SMILES string of the molecule is N#CC1(C(=O)NCC(O)c2c(Cl)cccc2Cl)CCC1. The van der Waals surface area contributed by atoms with E-state index >= 15 is 0 Å². The Balaban J connectivity index is 2.01. The van der Waals surface area contributed by atoms with E-state index in [1.54, 1.807) is 18.2 Å². The normalized spacial score (nSPS) is 17.7. The maximum absolute atomic E-state index is 12.0. The summed E-state index contributed by atoms with van der Waals surface area (Å²) in [6, 6.07) is 6.98. The van der Waals surface area contributed by atoms with E-state index < -0.39 is 11.5 Å². The molecule has 0 saturated heterocycles. The fourth-order valence-electron chi connectivity index (χ4n) is 2.21. The van der Waals surface area contributed by atoms with Gasteiger partial charge in [0.25, 0.3) is 0 Å². The molecule has 1 saturated carbocycles. The summed E-state index contributed by atoms with van der Waals surface area (Å²) in [4.78, 5) is 12.0. The summed E-state index contributed by atoms with van der Waals surface area (Å²) in [6.07, 6.45) is 1.01. The van der Waals surface area contributed by atoms with Crippen LogP contribution in [0.3, 0.4) is 0 Å². The number of benzene rings is 1. The van der Waals surface area contributed by atoms with Crippen LogP contribution in [0.5, 0.6) is 0 Å². The van der Waals surface area contributed by atoms with E-state index in [9.17, 15) is 9.90 Å². The molecule has 0 radical (unpaired) electrons. The molecule has 2 N–H and O–H groups in total. The second-order valence-corrected chi connectivity index (χ2v) is 5.72. The number of nitrogens with zero attached hydrogens (tertiary/aromatic N) is 1. The monoisotopic (exact) mass is 312 g/mol. The maximum atomic E-state index is 12.0. The van der Waals surface area contributed by atoms with Gasteiger partial charge in [0.15, 0.2) is 0 Å². The number of carbonyl (C=O) groups is 1. The van der Waals surface area contributed by atoms with Crippen LogP contribution in [0.1, 0.15) is 30.9 Å². The van der Waals surface area contributed by atoms with E-state index in [0.29, 0.717) is 28.5 Å². The van der Waals surface area contributed by atoms with Gasteiger partial charge >= 0.3 is 0 Å². The lowest BCUT2D eigenvalue weighted by Gasteiger charge is -2.33. The number of hydrogen-bond acceptors (Lipinski definition) is 3. The van der Waals surface area contributed by atoms with Crippen molar-refractivity contribution in [3.8, 4) is 6.07 Å². The summed E-state index contributed by atoms with van der Waals surface area (Å²) in [5, 5.41) is 22.4. The molecule has 1 atom stereocenters. The first-order valence-electron chi connectivity index (χ1n) is 6.32. The number of aliphatic hydroxyl groups is 1. The molecule has 20 heavy (non-hydrogen) atoms. The Morgan fingerprint density at radius 1 is 1.45 bits per heavy atom. The van der Waals surface area contributed by atoms with Crippen LogP contribution in [0.4, 0.5) is 0 Å². The van der Waals surface area contributed by atoms with Gasteiger partial charge in [-0.3, -0.25) is 4.79 Å². The van der Waals surface area contributed by atoms with Gasteiger partial charge < -0.3 is 10.4 Å². The first-order chi connectivity index (χ1) is 9.50. The van der Waals surface area contributed by atoms with E-state index in [2.05, 4.69) is 11.4 Å². The summed E-state index contributed by atoms with van der Waals surface area (Å²) >= 11 is 12.0. The molecule has 0 heterocycles. The van der Waals surface area contributed by atoms with E-state index in [4.69, 9.17) is 28.5 Å². The largest absolute Gasteiger partial charge is 0.386 e. The van der Waals surface area contributed by atoms with Gasteiger partial charge in [0.05, 0.1) is 12.2 Å². The molecule has 0 bridgehead atoms. The Morgan fingerprint density at radius 3 is 2.50 bits per heavy atom. The van der Waals surface area contributed by atoms with E-state index in [1.165, 1.54) is 0 Å².